The van der Waals surface area contributed by atoms with Gasteiger partial charge in [0.25, 0.3) is 0 Å². The van der Waals surface area contributed by atoms with Crippen molar-refractivity contribution < 1.29 is 19.0 Å². The van der Waals surface area contributed by atoms with Crippen LogP contribution in [0.25, 0.3) is 11.0 Å². The first-order chi connectivity index (χ1) is 14.0. The van der Waals surface area contributed by atoms with E-state index in [0.717, 1.165) is 6.42 Å². The van der Waals surface area contributed by atoms with Gasteiger partial charge in [0.15, 0.2) is 0 Å². The minimum atomic E-state index is -1.14. The number of carboxylic acid groups (broad SMARTS) is 1. The van der Waals surface area contributed by atoms with Crippen LogP contribution in [0.15, 0.2) is 42.6 Å². The van der Waals surface area contributed by atoms with Crippen LogP contribution in [-0.2, 0) is 4.74 Å². The number of anilines is 2. The fourth-order valence-electron chi connectivity index (χ4n) is 2.83. The fraction of sp³-hybridized carbons (Fsp3) is 0.250. The second-order valence-electron chi connectivity index (χ2n) is 6.20. The van der Waals surface area contributed by atoms with Crippen LogP contribution in [0.3, 0.4) is 0 Å². The normalized spacial score (nSPS) is 11.0. The predicted octanol–water partition coefficient (Wildman–Crippen LogP) is 3.62. The largest absolute Gasteiger partial charge is 0.477 e. The molecule has 0 saturated carbocycles. The molecule has 0 aliphatic carbocycles. The van der Waals surface area contributed by atoms with Gasteiger partial charge < -0.3 is 20.5 Å². The molecule has 0 saturated heterocycles. The van der Waals surface area contributed by atoms with Crippen molar-refractivity contribution in [1.82, 2.24) is 9.97 Å². The maximum Gasteiger partial charge on any atom is 0.354 e. The third kappa shape index (κ3) is 4.97. The van der Waals surface area contributed by atoms with Gasteiger partial charge in [-0.25, -0.2) is 14.2 Å². The van der Waals surface area contributed by atoms with Crippen LogP contribution >= 0.6 is 11.6 Å². The molecule has 29 heavy (non-hydrogen) atoms. The number of hydrogen-bond donors (Lipinski definition) is 2. The Kier molecular flexibility index (Phi) is 6.92. The molecule has 7 nitrogen and oxygen atoms in total. The van der Waals surface area contributed by atoms with Gasteiger partial charge in [-0.1, -0.05) is 11.6 Å². The van der Waals surface area contributed by atoms with Gasteiger partial charge >= 0.3 is 5.97 Å². The van der Waals surface area contributed by atoms with Crippen molar-refractivity contribution in [3.05, 3.63) is 59.1 Å². The summed E-state index contributed by atoms with van der Waals surface area (Å²) in [5.41, 5.74) is 7.57. The number of carbonyl (C=O) groups is 1. The SMILES string of the molecule is NCCCOCCN(c1ccc(F)c(Cl)c1)c1ccnc2ccc(C(=O)O)nc12. The Hall–Kier alpha value is -2.81. The third-order valence-electron chi connectivity index (χ3n) is 4.24. The summed E-state index contributed by atoms with van der Waals surface area (Å²) < 4.78 is 19.3. The van der Waals surface area contributed by atoms with Crippen LogP contribution in [0.4, 0.5) is 15.8 Å². The zero-order chi connectivity index (χ0) is 20.8. The van der Waals surface area contributed by atoms with Crippen molar-refractivity contribution in [3.8, 4) is 0 Å². The van der Waals surface area contributed by atoms with E-state index in [1.807, 2.05) is 4.90 Å². The van der Waals surface area contributed by atoms with Crippen LogP contribution in [-0.4, -0.2) is 47.3 Å². The predicted molar refractivity (Wildman–Crippen MR) is 109 cm³/mol. The molecule has 0 aliphatic heterocycles. The van der Waals surface area contributed by atoms with Crippen LogP contribution < -0.4 is 10.6 Å². The van der Waals surface area contributed by atoms with E-state index < -0.39 is 11.8 Å². The second-order valence-corrected chi connectivity index (χ2v) is 6.61. The Morgan fingerprint density at radius 2 is 2.07 bits per heavy atom. The van der Waals surface area contributed by atoms with Gasteiger partial charge in [-0.2, -0.15) is 0 Å². The van der Waals surface area contributed by atoms with Gasteiger partial charge in [-0.05, 0) is 49.4 Å². The lowest BCUT2D eigenvalue weighted by atomic mass is 10.2. The quantitative estimate of drug-likeness (QED) is 0.511. The molecule has 0 fully saturated rings. The Balaban J connectivity index is 2.03. The second kappa shape index (κ2) is 9.60. The van der Waals surface area contributed by atoms with Crippen molar-refractivity contribution in [2.24, 2.45) is 5.73 Å². The first-order valence-electron chi connectivity index (χ1n) is 9.00. The van der Waals surface area contributed by atoms with Crippen LogP contribution in [0.5, 0.6) is 0 Å². The molecule has 3 N–H and O–H groups in total. The van der Waals surface area contributed by atoms with Gasteiger partial charge in [0.2, 0.25) is 0 Å². The van der Waals surface area contributed by atoms with E-state index in [-0.39, 0.29) is 10.7 Å². The van der Waals surface area contributed by atoms with E-state index in [1.165, 1.54) is 18.2 Å². The number of nitrogens with zero attached hydrogens (tertiary/aromatic N) is 3. The number of carboxylic acids is 1. The highest BCUT2D eigenvalue weighted by molar-refractivity contribution is 6.31. The molecule has 1 aromatic carbocycles. The molecule has 0 unspecified atom stereocenters. The first kappa shape index (κ1) is 20.9. The molecule has 0 aliphatic rings. The van der Waals surface area contributed by atoms with Crippen molar-refractivity contribution in [1.29, 1.82) is 0 Å². The number of fused-ring (bicyclic) bond motifs is 1. The van der Waals surface area contributed by atoms with Gasteiger partial charge in [-0.15, -0.1) is 0 Å². The summed E-state index contributed by atoms with van der Waals surface area (Å²) in [6.45, 7) is 1.84. The van der Waals surface area contributed by atoms with Crippen LogP contribution in [0.1, 0.15) is 16.9 Å². The molecule has 2 heterocycles. The summed E-state index contributed by atoms with van der Waals surface area (Å²) >= 11 is 5.98. The lowest BCUT2D eigenvalue weighted by molar-refractivity contribution is 0.0691. The smallest absolute Gasteiger partial charge is 0.354 e. The number of benzene rings is 1. The van der Waals surface area contributed by atoms with Crippen molar-refractivity contribution in [2.45, 2.75) is 6.42 Å². The highest BCUT2D eigenvalue weighted by Gasteiger charge is 2.17. The maximum atomic E-state index is 13.7. The van der Waals surface area contributed by atoms with Gasteiger partial charge in [-0.3, -0.25) is 4.98 Å². The number of halogens is 2. The summed E-state index contributed by atoms with van der Waals surface area (Å²) in [6.07, 6.45) is 2.34. The first-order valence-corrected chi connectivity index (χ1v) is 9.38. The molecule has 0 bridgehead atoms. The molecule has 0 spiro atoms. The topological polar surface area (TPSA) is 102 Å². The van der Waals surface area contributed by atoms with E-state index in [2.05, 4.69) is 9.97 Å². The Bertz CT molecular complexity index is 1020. The van der Waals surface area contributed by atoms with E-state index in [1.54, 1.807) is 24.4 Å². The number of hydrogen-bond acceptors (Lipinski definition) is 6. The molecule has 9 heteroatoms. The summed E-state index contributed by atoms with van der Waals surface area (Å²) in [5.74, 6) is -1.66. The monoisotopic (exact) mass is 418 g/mol. The van der Waals surface area contributed by atoms with Crippen molar-refractivity contribution in [2.75, 3.05) is 31.2 Å². The molecule has 2 aromatic heterocycles. The Morgan fingerprint density at radius 1 is 1.24 bits per heavy atom. The Labute approximate surface area is 171 Å². The van der Waals surface area contributed by atoms with Crippen LogP contribution in [0.2, 0.25) is 5.02 Å². The summed E-state index contributed by atoms with van der Waals surface area (Å²) in [6, 6.07) is 9.09. The number of rotatable bonds is 9. The van der Waals surface area contributed by atoms with Gasteiger partial charge in [0, 0.05) is 25.0 Å². The highest BCUT2D eigenvalue weighted by atomic mass is 35.5. The fourth-order valence-corrected chi connectivity index (χ4v) is 3.01. The average Bonchev–Trinajstić information content (AvgIpc) is 2.72. The number of aromatic carboxylic acids is 1. The van der Waals surface area contributed by atoms with E-state index in [0.29, 0.717) is 48.7 Å². The summed E-state index contributed by atoms with van der Waals surface area (Å²) in [4.78, 5) is 21.7. The molecular formula is C20H20ClFN4O3. The van der Waals surface area contributed by atoms with Crippen molar-refractivity contribution in [3.63, 3.8) is 0 Å². The van der Waals surface area contributed by atoms with Gasteiger partial charge in [0.05, 0.1) is 22.8 Å². The highest BCUT2D eigenvalue weighted by Crippen LogP contribution is 2.32. The zero-order valence-electron chi connectivity index (χ0n) is 15.5. The summed E-state index contributed by atoms with van der Waals surface area (Å²) in [5, 5.41) is 9.28. The Morgan fingerprint density at radius 3 is 2.79 bits per heavy atom. The molecule has 0 radical (unpaired) electrons. The van der Waals surface area contributed by atoms with E-state index >= 15 is 0 Å². The van der Waals surface area contributed by atoms with Crippen molar-refractivity contribution >= 4 is 40.0 Å². The minimum absolute atomic E-state index is 0.0194. The lowest BCUT2D eigenvalue weighted by Gasteiger charge is -2.26. The minimum Gasteiger partial charge on any atom is -0.477 e. The molecule has 3 rings (SSSR count). The number of ether oxygens (including phenoxy) is 1. The molecule has 0 amide bonds. The van der Waals surface area contributed by atoms with Gasteiger partial charge in [0.1, 0.15) is 17.0 Å². The molecule has 152 valence electrons. The number of pyridine rings is 2. The van der Waals surface area contributed by atoms with E-state index in [4.69, 9.17) is 22.1 Å². The number of aromatic nitrogens is 2. The van der Waals surface area contributed by atoms with Crippen LogP contribution in [0, 0.1) is 5.82 Å². The molecular weight excluding hydrogens is 399 g/mol. The summed E-state index contributed by atoms with van der Waals surface area (Å²) in [7, 11) is 0. The zero-order valence-corrected chi connectivity index (χ0v) is 16.3. The molecule has 3 aromatic rings. The standard InChI is InChI=1S/C20H20ClFN4O3/c21-14-12-13(2-3-15(14)22)26(9-11-29-10-1-7-23)18-6-8-24-16-4-5-17(20(27)28)25-19(16)18/h2-6,8,12H,1,7,9-11,23H2,(H,27,28). The maximum absolute atomic E-state index is 13.7. The van der Waals surface area contributed by atoms with E-state index in [9.17, 15) is 14.3 Å². The third-order valence-corrected chi connectivity index (χ3v) is 4.53. The molecule has 0 atom stereocenters. The average molecular weight is 419 g/mol. The number of nitrogens with two attached hydrogens (primary N) is 1. The lowest BCUT2D eigenvalue weighted by Crippen LogP contribution is -2.23.